The molecule has 0 aromatic carbocycles. The number of nitrogens with one attached hydrogen (secondary N) is 1. The molecule has 0 aliphatic heterocycles. The summed E-state index contributed by atoms with van der Waals surface area (Å²) >= 11 is 0. The first kappa shape index (κ1) is 13.5. The smallest absolute Gasteiger partial charge is 0.225 e. The Balaban J connectivity index is 2.55. The third-order valence-electron chi connectivity index (χ3n) is 2.06. The third-order valence-corrected chi connectivity index (χ3v) is 2.06. The molecule has 0 aliphatic rings. The number of hydrogen-bond donors (Lipinski definition) is 2. The van der Waals surface area contributed by atoms with Crippen LogP contribution in [0.5, 0.6) is 5.88 Å². The molecule has 6 heteroatoms. The van der Waals surface area contributed by atoms with Crippen LogP contribution in [0.15, 0.2) is 6.07 Å². The Morgan fingerprint density at radius 2 is 2.18 bits per heavy atom. The lowest BCUT2D eigenvalue weighted by molar-refractivity contribution is 0.254. The summed E-state index contributed by atoms with van der Waals surface area (Å²) in [5, 5.41) is 3.15. The fourth-order valence-corrected chi connectivity index (χ4v) is 1.19. The summed E-state index contributed by atoms with van der Waals surface area (Å²) < 4.78 is 5.51. The van der Waals surface area contributed by atoms with Crippen molar-refractivity contribution in [3.63, 3.8) is 0 Å². The maximum atomic E-state index is 5.61. The molecule has 3 N–H and O–H groups in total. The second kappa shape index (κ2) is 6.90. The van der Waals surface area contributed by atoms with Crippen molar-refractivity contribution in [1.29, 1.82) is 0 Å². The molecule has 0 radical (unpaired) electrons. The zero-order chi connectivity index (χ0) is 12.7. The Kier molecular flexibility index (Phi) is 5.48. The van der Waals surface area contributed by atoms with Crippen LogP contribution in [0.3, 0.4) is 0 Å². The molecule has 1 aromatic heterocycles. The molecule has 0 fully saturated rings. The van der Waals surface area contributed by atoms with Gasteiger partial charge in [-0.25, -0.2) is 0 Å². The highest BCUT2D eigenvalue weighted by Crippen LogP contribution is 2.14. The fourth-order valence-electron chi connectivity index (χ4n) is 1.19. The molecule has 0 unspecified atom stereocenters. The van der Waals surface area contributed by atoms with Gasteiger partial charge in [0.15, 0.2) is 0 Å². The topological polar surface area (TPSA) is 76.3 Å². The molecular formula is C11H21N5O. The molecule has 0 spiro atoms. The minimum absolute atomic E-state index is 0.228. The molecule has 1 rings (SSSR count). The summed E-state index contributed by atoms with van der Waals surface area (Å²) in [5.41, 5.74) is 5.61. The largest absolute Gasteiger partial charge is 0.476 e. The van der Waals surface area contributed by atoms with Gasteiger partial charge in [0.1, 0.15) is 12.4 Å². The second-order valence-electron chi connectivity index (χ2n) is 4.03. The standard InChI is InChI=1S/C11H21N5O/c1-4-5-13-9-8-10(15-11(12)14-9)17-7-6-16(2)3/h8H,4-7H2,1-3H3,(H3,12,13,14,15). The second-order valence-corrected chi connectivity index (χ2v) is 4.03. The number of nitrogens with two attached hydrogens (primary N) is 1. The van der Waals surface area contributed by atoms with Crippen molar-refractivity contribution in [2.45, 2.75) is 13.3 Å². The Morgan fingerprint density at radius 3 is 2.82 bits per heavy atom. The van der Waals surface area contributed by atoms with E-state index in [0.29, 0.717) is 18.3 Å². The van der Waals surface area contributed by atoms with E-state index < -0.39 is 0 Å². The summed E-state index contributed by atoms with van der Waals surface area (Å²) in [4.78, 5) is 10.1. The van der Waals surface area contributed by atoms with Crippen LogP contribution in [-0.4, -0.2) is 48.7 Å². The van der Waals surface area contributed by atoms with Gasteiger partial charge in [-0.15, -0.1) is 0 Å². The average Bonchev–Trinajstić information content (AvgIpc) is 2.25. The first-order valence-corrected chi connectivity index (χ1v) is 5.77. The van der Waals surface area contributed by atoms with Gasteiger partial charge in [0.05, 0.1) is 0 Å². The molecule has 0 saturated carbocycles. The van der Waals surface area contributed by atoms with Gasteiger partial charge in [-0.05, 0) is 20.5 Å². The van der Waals surface area contributed by atoms with E-state index in [0.717, 1.165) is 19.5 Å². The highest BCUT2D eigenvalue weighted by atomic mass is 16.5. The van der Waals surface area contributed by atoms with Crippen molar-refractivity contribution in [1.82, 2.24) is 14.9 Å². The summed E-state index contributed by atoms with van der Waals surface area (Å²) in [5.74, 6) is 1.45. The number of nitrogen functional groups attached to an aromatic ring is 1. The van der Waals surface area contributed by atoms with Gasteiger partial charge in [-0.3, -0.25) is 0 Å². The van der Waals surface area contributed by atoms with Crippen LogP contribution in [0.25, 0.3) is 0 Å². The van der Waals surface area contributed by atoms with Crippen molar-refractivity contribution in [2.24, 2.45) is 0 Å². The van der Waals surface area contributed by atoms with Crippen LogP contribution in [0, 0.1) is 0 Å². The number of aromatic nitrogens is 2. The zero-order valence-corrected chi connectivity index (χ0v) is 10.7. The van der Waals surface area contributed by atoms with Gasteiger partial charge in [0.25, 0.3) is 0 Å². The van der Waals surface area contributed by atoms with E-state index in [-0.39, 0.29) is 5.95 Å². The van der Waals surface area contributed by atoms with Gasteiger partial charge in [0.2, 0.25) is 11.8 Å². The number of likely N-dealkylation sites (N-methyl/N-ethyl adjacent to an activating group) is 1. The molecule has 6 nitrogen and oxygen atoms in total. The van der Waals surface area contributed by atoms with E-state index >= 15 is 0 Å². The zero-order valence-electron chi connectivity index (χ0n) is 10.7. The van der Waals surface area contributed by atoms with Crippen LogP contribution in [0.1, 0.15) is 13.3 Å². The SMILES string of the molecule is CCCNc1cc(OCCN(C)C)nc(N)n1. The van der Waals surface area contributed by atoms with E-state index in [1.807, 2.05) is 19.0 Å². The van der Waals surface area contributed by atoms with Crippen molar-refractivity contribution in [3.05, 3.63) is 6.07 Å². The van der Waals surface area contributed by atoms with Gasteiger partial charge in [-0.1, -0.05) is 6.92 Å². The van der Waals surface area contributed by atoms with Crippen molar-refractivity contribution < 1.29 is 4.74 Å². The van der Waals surface area contributed by atoms with Crippen LogP contribution in [-0.2, 0) is 0 Å². The molecule has 96 valence electrons. The quantitative estimate of drug-likeness (QED) is 0.733. The fraction of sp³-hybridized carbons (Fsp3) is 0.636. The number of rotatable bonds is 7. The number of ether oxygens (including phenoxy) is 1. The number of hydrogen-bond acceptors (Lipinski definition) is 6. The van der Waals surface area contributed by atoms with Gasteiger partial charge in [-0.2, -0.15) is 9.97 Å². The molecule has 0 bridgehead atoms. The van der Waals surface area contributed by atoms with Crippen LogP contribution < -0.4 is 15.8 Å². The monoisotopic (exact) mass is 239 g/mol. The lowest BCUT2D eigenvalue weighted by Gasteiger charge is -2.11. The first-order valence-electron chi connectivity index (χ1n) is 5.77. The van der Waals surface area contributed by atoms with Crippen molar-refractivity contribution >= 4 is 11.8 Å². The van der Waals surface area contributed by atoms with Gasteiger partial charge < -0.3 is 20.7 Å². The summed E-state index contributed by atoms with van der Waals surface area (Å²) in [6, 6.07) is 1.77. The lowest BCUT2D eigenvalue weighted by atomic mass is 10.4. The van der Waals surface area contributed by atoms with E-state index in [9.17, 15) is 0 Å². The molecule has 0 amide bonds. The number of anilines is 2. The molecule has 1 aromatic rings. The highest BCUT2D eigenvalue weighted by molar-refractivity contribution is 5.42. The lowest BCUT2D eigenvalue weighted by Crippen LogP contribution is -2.20. The van der Waals surface area contributed by atoms with E-state index in [4.69, 9.17) is 10.5 Å². The minimum Gasteiger partial charge on any atom is -0.476 e. The molecule has 1 heterocycles. The van der Waals surface area contributed by atoms with Crippen molar-refractivity contribution in [3.8, 4) is 5.88 Å². The molecule has 0 atom stereocenters. The Bertz CT molecular complexity index is 343. The van der Waals surface area contributed by atoms with Gasteiger partial charge in [0, 0.05) is 19.2 Å². The third kappa shape index (κ3) is 5.35. The highest BCUT2D eigenvalue weighted by Gasteiger charge is 2.03. The Labute approximate surface area is 102 Å². The van der Waals surface area contributed by atoms with E-state index in [1.54, 1.807) is 6.07 Å². The Morgan fingerprint density at radius 1 is 1.41 bits per heavy atom. The normalized spacial score (nSPS) is 10.6. The molecule has 0 saturated heterocycles. The molecular weight excluding hydrogens is 218 g/mol. The maximum absolute atomic E-state index is 5.61. The predicted molar refractivity (Wildman–Crippen MR) is 69.3 cm³/mol. The van der Waals surface area contributed by atoms with E-state index in [1.165, 1.54) is 0 Å². The summed E-state index contributed by atoms with van der Waals surface area (Å²) in [7, 11) is 3.98. The average molecular weight is 239 g/mol. The first-order chi connectivity index (χ1) is 8.11. The number of nitrogens with zero attached hydrogens (tertiary/aromatic N) is 3. The van der Waals surface area contributed by atoms with Crippen LogP contribution in [0.2, 0.25) is 0 Å². The van der Waals surface area contributed by atoms with E-state index in [2.05, 4.69) is 22.2 Å². The summed E-state index contributed by atoms with van der Waals surface area (Å²) in [6.45, 7) is 4.36. The minimum atomic E-state index is 0.228. The van der Waals surface area contributed by atoms with Crippen LogP contribution >= 0.6 is 0 Å². The van der Waals surface area contributed by atoms with Crippen molar-refractivity contribution in [2.75, 3.05) is 44.8 Å². The maximum Gasteiger partial charge on any atom is 0.225 e. The summed E-state index contributed by atoms with van der Waals surface area (Å²) in [6.07, 6.45) is 1.03. The Hall–Kier alpha value is -1.56. The molecule has 0 aliphatic carbocycles. The molecule has 17 heavy (non-hydrogen) atoms. The van der Waals surface area contributed by atoms with Gasteiger partial charge >= 0.3 is 0 Å². The van der Waals surface area contributed by atoms with Crippen LogP contribution in [0.4, 0.5) is 11.8 Å². The predicted octanol–water partition coefficient (Wildman–Crippen LogP) is 0.821.